The van der Waals surface area contributed by atoms with Crippen molar-refractivity contribution in [2.24, 2.45) is 10.2 Å². The fourth-order valence-corrected chi connectivity index (χ4v) is 1.95. The van der Waals surface area contributed by atoms with E-state index in [1.165, 1.54) is 6.20 Å². The summed E-state index contributed by atoms with van der Waals surface area (Å²) in [6.45, 7) is 0.927. The normalized spacial score (nSPS) is 18.4. The zero-order valence-corrected chi connectivity index (χ0v) is 10.8. The highest BCUT2D eigenvalue weighted by Crippen LogP contribution is 2.33. The molecule has 1 fully saturated rings. The summed E-state index contributed by atoms with van der Waals surface area (Å²) in [5, 5.41) is 7.43. The van der Waals surface area contributed by atoms with Crippen molar-refractivity contribution in [3.63, 3.8) is 0 Å². The second-order valence-electron chi connectivity index (χ2n) is 4.52. The summed E-state index contributed by atoms with van der Waals surface area (Å²) in [6.07, 6.45) is -1.33. The number of alkyl halides is 3. The van der Waals surface area contributed by atoms with E-state index in [-0.39, 0.29) is 5.69 Å². The second kappa shape index (κ2) is 5.60. The van der Waals surface area contributed by atoms with Crippen LogP contribution in [0.15, 0.2) is 40.3 Å². The molecule has 0 atom stereocenters. The molecule has 0 aliphatic carbocycles. The number of rotatable bonds is 2. The first-order valence-electron chi connectivity index (χ1n) is 6.06. The molecule has 0 radical (unpaired) electrons. The Labute approximate surface area is 113 Å². The Morgan fingerprint density at radius 3 is 2.65 bits per heavy atom. The van der Waals surface area contributed by atoms with Crippen LogP contribution < -0.4 is 0 Å². The Kier molecular flexibility index (Phi) is 4.06. The predicted molar refractivity (Wildman–Crippen MR) is 65.9 cm³/mol. The van der Waals surface area contributed by atoms with Gasteiger partial charge in [0.25, 0.3) is 0 Å². The number of benzene rings is 1. The zero-order valence-electron chi connectivity index (χ0n) is 10.8. The van der Waals surface area contributed by atoms with Crippen LogP contribution in [0.5, 0.6) is 0 Å². The maximum atomic E-state index is 13.1. The average molecular weight is 287 g/mol. The molecule has 0 N–H and O–H groups in total. The molecule has 0 spiro atoms. The molecule has 20 heavy (non-hydrogen) atoms. The summed E-state index contributed by atoms with van der Waals surface area (Å²) >= 11 is 0. The Balaban J connectivity index is 2.18. The van der Waals surface area contributed by atoms with Gasteiger partial charge in [0.05, 0.1) is 17.5 Å². The van der Waals surface area contributed by atoms with Crippen LogP contribution in [0.1, 0.15) is 18.4 Å². The summed E-state index contributed by atoms with van der Waals surface area (Å²) in [5.74, 6) is -1.31. The van der Waals surface area contributed by atoms with Gasteiger partial charge in [0.2, 0.25) is 0 Å². The van der Waals surface area contributed by atoms with Crippen LogP contribution in [0.25, 0.3) is 0 Å². The Hall–Kier alpha value is -1.92. The lowest BCUT2D eigenvalue weighted by Crippen LogP contribution is -2.09. The molecule has 1 aliphatic heterocycles. The van der Waals surface area contributed by atoms with E-state index in [1.54, 1.807) is 0 Å². The number of likely N-dealkylation sites (tertiary alicyclic amines) is 1. The molecule has 2 rings (SSSR count). The van der Waals surface area contributed by atoms with E-state index in [4.69, 9.17) is 0 Å². The van der Waals surface area contributed by atoms with Gasteiger partial charge in [-0.3, -0.25) is 0 Å². The van der Waals surface area contributed by atoms with Crippen LogP contribution in [-0.2, 0) is 6.18 Å². The van der Waals surface area contributed by atoms with Crippen molar-refractivity contribution in [1.82, 2.24) is 4.90 Å². The van der Waals surface area contributed by atoms with Gasteiger partial charge in [0.1, 0.15) is 5.82 Å². The third-order valence-corrected chi connectivity index (χ3v) is 3.05. The molecule has 0 aromatic heterocycles. The summed E-state index contributed by atoms with van der Waals surface area (Å²) in [5.41, 5.74) is -0.386. The van der Waals surface area contributed by atoms with E-state index in [0.717, 1.165) is 37.2 Å². The molecule has 0 bridgehead atoms. The summed E-state index contributed by atoms with van der Waals surface area (Å²) < 4.78 is 50.6. The van der Waals surface area contributed by atoms with Gasteiger partial charge in [0, 0.05) is 19.3 Å². The third kappa shape index (κ3) is 3.34. The van der Waals surface area contributed by atoms with Crippen LogP contribution in [0.3, 0.4) is 0 Å². The molecular formula is C13H13F4N3. The van der Waals surface area contributed by atoms with E-state index in [9.17, 15) is 17.6 Å². The van der Waals surface area contributed by atoms with Crippen molar-refractivity contribution in [2.75, 3.05) is 13.6 Å². The zero-order chi connectivity index (χ0) is 14.8. The summed E-state index contributed by atoms with van der Waals surface area (Å²) in [7, 11) is 1.91. The second-order valence-corrected chi connectivity index (χ2v) is 4.52. The number of halogens is 4. The average Bonchev–Trinajstić information content (AvgIpc) is 2.76. The molecule has 1 aromatic carbocycles. The monoisotopic (exact) mass is 287 g/mol. The Bertz CT molecular complexity index is 549. The maximum Gasteiger partial charge on any atom is 0.419 e. The van der Waals surface area contributed by atoms with Gasteiger partial charge in [-0.25, -0.2) is 4.39 Å². The van der Waals surface area contributed by atoms with Gasteiger partial charge in [-0.2, -0.15) is 23.4 Å². The number of azo groups is 1. The van der Waals surface area contributed by atoms with Crippen LogP contribution in [0, 0.1) is 5.82 Å². The largest absolute Gasteiger partial charge is 0.419 e. The fraction of sp³-hybridized carbons (Fsp3) is 0.385. The Morgan fingerprint density at radius 1 is 1.30 bits per heavy atom. The highest BCUT2D eigenvalue weighted by Gasteiger charge is 2.34. The standard InChI is InChI=1S/C13H13F4N3/c1-20-6-2-3-10(20)8-18-19-9-4-5-12(14)11(7-9)13(15,16)17/h4-5,7-8H,2-3,6H2,1H3/b10-8+,19-18?. The number of nitrogens with zero attached hydrogens (tertiary/aromatic N) is 3. The van der Waals surface area contributed by atoms with Gasteiger partial charge >= 0.3 is 6.18 Å². The number of hydrogen-bond donors (Lipinski definition) is 0. The molecular weight excluding hydrogens is 274 g/mol. The molecule has 3 nitrogen and oxygen atoms in total. The van der Waals surface area contributed by atoms with E-state index in [0.29, 0.717) is 6.07 Å². The lowest BCUT2D eigenvalue weighted by Gasteiger charge is -2.10. The molecule has 1 aliphatic rings. The number of allylic oxidation sites excluding steroid dienone is 1. The maximum absolute atomic E-state index is 13.1. The number of hydrogen-bond acceptors (Lipinski definition) is 3. The van der Waals surface area contributed by atoms with E-state index < -0.39 is 17.6 Å². The summed E-state index contributed by atoms with van der Waals surface area (Å²) in [4.78, 5) is 2.00. The molecule has 0 amide bonds. The molecule has 1 heterocycles. The fourth-order valence-electron chi connectivity index (χ4n) is 1.95. The SMILES string of the molecule is CN1CCC/C1=C\N=Nc1ccc(F)c(C(F)(F)F)c1. The third-order valence-electron chi connectivity index (χ3n) is 3.05. The smallest absolute Gasteiger partial charge is 0.377 e. The molecule has 108 valence electrons. The first-order valence-corrected chi connectivity index (χ1v) is 6.06. The van der Waals surface area contributed by atoms with Crippen molar-refractivity contribution < 1.29 is 17.6 Å². The van der Waals surface area contributed by atoms with Crippen molar-refractivity contribution in [3.8, 4) is 0 Å². The molecule has 1 saturated heterocycles. The topological polar surface area (TPSA) is 28.0 Å². The quantitative estimate of drug-likeness (QED) is 0.581. The minimum absolute atomic E-state index is 0.0313. The van der Waals surface area contributed by atoms with E-state index >= 15 is 0 Å². The molecule has 7 heteroatoms. The minimum atomic E-state index is -4.74. The Morgan fingerprint density at radius 2 is 2.05 bits per heavy atom. The first kappa shape index (κ1) is 14.5. The van der Waals surface area contributed by atoms with Crippen LogP contribution in [0.2, 0.25) is 0 Å². The molecule has 0 unspecified atom stereocenters. The van der Waals surface area contributed by atoms with Crippen molar-refractivity contribution >= 4 is 5.69 Å². The lowest BCUT2D eigenvalue weighted by atomic mass is 10.2. The van der Waals surface area contributed by atoms with Crippen LogP contribution in [0.4, 0.5) is 23.2 Å². The van der Waals surface area contributed by atoms with Crippen molar-refractivity contribution in [1.29, 1.82) is 0 Å². The molecule has 0 saturated carbocycles. The van der Waals surface area contributed by atoms with Crippen molar-refractivity contribution in [2.45, 2.75) is 19.0 Å². The van der Waals surface area contributed by atoms with Crippen LogP contribution >= 0.6 is 0 Å². The molecule has 1 aromatic rings. The van der Waals surface area contributed by atoms with Gasteiger partial charge in [-0.15, -0.1) is 0 Å². The lowest BCUT2D eigenvalue weighted by molar-refractivity contribution is -0.139. The first-order chi connectivity index (χ1) is 9.38. The van der Waals surface area contributed by atoms with E-state index in [1.807, 2.05) is 11.9 Å². The van der Waals surface area contributed by atoms with Crippen LogP contribution in [-0.4, -0.2) is 18.5 Å². The highest BCUT2D eigenvalue weighted by molar-refractivity contribution is 5.41. The van der Waals surface area contributed by atoms with Gasteiger partial charge in [-0.1, -0.05) is 0 Å². The van der Waals surface area contributed by atoms with Gasteiger partial charge < -0.3 is 4.90 Å². The van der Waals surface area contributed by atoms with Gasteiger partial charge in [-0.05, 0) is 31.0 Å². The highest BCUT2D eigenvalue weighted by atomic mass is 19.4. The van der Waals surface area contributed by atoms with Crippen molar-refractivity contribution in [3.05, 3.63) is 41.5 Å². The minimum Gasteiger partial charge on any atom is -0.377 e. The predicted octanol–water partition coefficient (Wildman–Crippen LogP) is 4.50. The van der Waals surface area contributed by atoms with Gasteiger partial charge in [0.15, 0.2) is 0 Å². The summed E-state index contributed by atoms with van der Waals surface area (Å²) in [6, 6.07) is 2.55. The van der Waals surface area contributed by atoms with E-state index in [2.05, 4.69) is 10.2 Å².